The SMILES string of the molecule is COc1cc2c(-c3c(N)ccc4sc(N)nc34)ncnc2cc1OCCCN1CCN(C)CC1.Cl. The van der Waals surface area contributed by atoms with Crippen molar-refractivity contribution in [2.45, 2.75) is 6.42 Å². The van der Waals surface area contributed by atoms with Crippen LogP contribution in [0.15, 0.2) is 30.6 Å². The summed E-state index contributed by atoms with van der Waals surface area (Å²) in [5.41, 5.74) is 15.9. The van der Waals surface area contributed by atoms with Crippen molar-refractivity contribution in [3.05, 3.63) is 30.6 Å². The topological polar surface area (TPSA) is 116 Å². The van der Waals surface area contributed by atoms with Crippen molar-refractivity contribution in [1.29, 1.82) is 0 Å². The maximum absolute atomic E-state index is 6.37. The highest BCUT2D eigenvalue weighted by atomic mass is 35.5. The van der Waals surface area contributed by atoms with Crippen LogP contribution in [-0.4, -0.2) is 78.2 Å². The van der Waals surface area contributed by atoms with E-state index in [4.69, 9.17) is 20.9 Å². The normalized spacial score (nSPS) is 14.8. The lowest BCUT2D eigenvalue weighted by atomic mass is 10.0. The molecule has 0 unspecified atom stereocenters. The van der Waals surface area contributed by atoms with Crippen molar-refractivity contribution in [3.63, 3.8) is 0 Å². The highest BCUT2D eigenvalue weighted by Crippen LogP contribution is 2.41. The Kier molecular flexibility index (Phi) is 7.75. The summed E-state index contributed by atoms with van der Waals surface area (Å²) in [4.78, 5) is 18.4. The van der Waals surface area contributed by atoms with Gasteiger partial charge in [0.25, 0.3) is 0 Å². The number of benzene rings is 2. The third kappa shape index (κ3) is 5.20. The first-order valence-electron chi connectivity index (χ1n) is 11.3. The molecule has 0 aliphatic carbocycles. The number of hydrogen-bond acceptors (Lipinski definition) is 10. The van der Waals surface area contributed by atoms with E-state index in [1.54, 1.807) is 7.11 Å². The van der Waals surface area contributed by atoms with Gasteiger partial charge in [-0.3, -0.25) is 0 Å². The van der Waals surface area contributed by atoms with Gasteiger partial charge in [0.2, 0.25) is 0 Å². The van der Waals surface area contributed by atoms with Gasteiger partial charge in [-0.2, -0.15) is 0 Å². The fourth-order valence-corrected chi connectivity index (χ4v) is 5.10. The van der Waals surface area contributed by atoms with Crippen LogP contribution in [0.5, 0.6) is 11.5 Å². The minimum absolute atomic E-state index is 0. The average molecular weight is 516 g/mol. The molecule has 1 aliphatic heterocycles. The second-order valence-electron chi connectivity index (χ2n) is 8.52. The molecule has 1 fully saturated rings. The van der Waals surface area contributed by atoms with Gasteiger partial charge in [0.15, 0.2) is 16.6 Å². The van der Waals surface area contributed by atoms with Gasteiger partial charge in [0, 0.05) is 49.9 Å². The monoisotopic (exact) mass is 515 g/mol. The van der Waals surface area contributed by atoms with Crippen molar-refractivity contribution in [1.82, 2.24) is 24.8 Å². The minimum Gasteiger partial charge on any atom is -0.493 e. The molecule has 1 aliphatic rings. The van der Waals surface area contributed by atoms with Gasteiger partial charge in [-0.05, 0) is 31.7 Å². The number of hydrogen-bond donors (Lipinski definition) is 2. The van der Waals surface area contributed by atoms with E-state index in [1.807, 2.05) is 24.3 Å². The number of aromatic nitrogens is 3. The van der Waals surface area contributed by atoms with Crippen LogP contribution in [0, 0.1) is 0 Å². The first-order chi connectivity index (χ1) is 16.5. The number of nitrogens with two attached hydrogens (primary N) is 2. The molecule has 2 aromatic heterocycles. The second-order valence-corrected chi connectivity index (χ2v) is 9.58. The summed E-state index contributed by atoms with van der Waals surface area (Å²) >= 11 is 1.42. The maximum atomic E-state index is 6.37. The number of rotatable bonds is 7. The molecule has 5 rings (SSSR count). The van der Waals surface area contributed by atoms with Gasteiger partial charge in [0.05, 0.1) is 40.7 Å². The van der Waals surface area contributed by atoms with Crippen LogP contribution >= 0.6 is 23.7 Å². The molecule has 0 spiro atoms. The third-order valence-corrected chi connectivity index (χ3v) is 7.09. The fourth-order valence-electron chi connectivity index (χ4n) is 4.35. The fraction of sp³-hybridized carbons (Fsp3) is 0.375. The molecule has 1 saturated heterocycles. The zero-order valence-corrected chi connectivity index (χ0v) is 21.5. The Hall–Kier alpha value is -2.92. The van der Waals surface area contributed by atoms with E-state index < -0.39 is 0 Å². The molecule has 0 amide bonds. The number of halogens is 1. The summed E-state index contributed by atoms with van der Waals surface area (Å²) in [5.74, 6) is 1.30. The second kappa shape index (κ2) is 10.8. The largest absolute Gasteiger partial charge is 0.493 e. The van der Waals surface area contributed by atoms with Gasteiger partial charge < -0.3 is 30.7 Å². The summed E-state index contributed by atoms with van der Waals surface area (Å²) in [5, 5.41) is 1.31. The molecule has 3 heterocycles. The molecule has 2 aromatic carbocycles. The number of piperazine rings is 1. The highest BCUT2D eigenvalue weighted by Gasteiger charge is 2.19. The van der Waals surface area contributed by atoms with E-state index in [0.29, 0.717) is 34.6 Å². The van der Waals surface area contributed by atoms with Gasteiger partial charge in [-0.25, -0.2) is 15.0 Å². The smallest absolute Gasteiger partial charge is 0.181 e. The Labute approximate surface area is 214 Å². The van der Waals surface area contributed by atoms with Crippen molar-refractivity contribution >= 4 is 55.7 Å². The summed E-state index contributed by atoms with van der Waals surface area (Å²) in [6, 6.07) is 7.61. The van der Waals surface area contributed by atoms with Crippen LogP contribution in [0.3, 0.4) is 0 Å². The standard InChI is InChI=1S/C24H29N7O2S.ClH/c1-30-7-9-31(10-8-30)6-3-11-33-19-13-17-15(12-18(19)32-2)22(28-14-27-17)21-16(25)4-5-20-23(21)29-24(26)34-20;/h4-5,12-14H,3,6-11,25H2,1-2H3,(H2,26,29);1H. The lowest BCUT2D eigenvalue weighted by molar-refractivity contribution is 0.145. The summed E-state index contributed by atoms with van der Waals surface area (Å²) in [7, 11) is 3.81. The number of methoxy groups -OCH3 is 1. The Morgan fingerprint density at radius 2 is 1.86 bits per heavy atom. The van der Waals surface area contributed by atoms with Gasteiger partial charge in [0.1, 0.15) is 6.33 Å². The molecule has 0 radical (unpaired) electrons. The van der Waals surface area contributed by atoms with Gasteiger partial charge in [-0.15, -0.1) is 12.4 Å². The Balaban J connectivity index is 0.00000289. The number of thiazole rings is 1. The third-order valence-electron chi connectivity index (χ3n) is 6.24. The van der Waals surface area contributed by atoms with Crippen LogP contribution in [0.4, 0.5) is 10.8 Å². The molecule has 4 aromatic rings. The molecule has 4 N–H and O–H groups in total. The Morgan fingerprint density at radius 3 is 2.63 bits per heavy atom. The summed E-state index contributed by atoms with van der Waals surface area (Å²) in [6.45, 7) is 6.08. The first-order valence-corrected chi connectivity index (χ1v) is 12.2. The van der Waals surface area contributed by atoms with E-state index in [2.05, 4.69) is 31.8 Å². The number of likely N-dealkylation sites (N-methyl/N-ethyl adjacent to an activating group) is 1. The van der Waals surface area contributed by atoms with Crippen LogP contribution in [0.2, 0.25) is 0 Å². The van der Waals surface area contributed by atoms with Crippen LogP contribution in [0.1, 0.15) is 6.42 Å². The number of anilines is 2. The molecule has 11 heteroatoms. The molecule has 0 bridgehead atoms. The zero-order chi connectivity index (χ0) is 23.7. The van der Waals surface area contributed by atoms with Crippen molar-refractivity contribution < 1.29 is 9.47 Å². The Morgan fingerprint density at radius 1 is 1.06 bits per heavy atom. The minimum atomic E-state index is 0. The van der Waals surface area contributed by atoms with E-state index in [1.165, 1.54) is 17.7 Å². The van der Waals surface area contributed by atoms with E-state index in [0.717, 1.165) is 65.8 Å². The highest BCUT2D eigenvalue weighted by molar-refractivity contribution is 7.22. The van der Waals surface area contributed by atoms with E-state index in [-0.39, 0.29) is 12.4 Å². The molecule has 0 atom stereocenters. The molecule has 35 heavy (non-hydrogen) atoms. The van der Waals surface area contributed by atoms with E-state index in [9.17, 15) is 0 Å². The average Bonchev–Trinajstić information content (AvgIpc) is 3.22. The predicted octanol–water partition coefficient (Wildman–Crippen LogP) is 3.52. The number of nitrogens with zero attached hydrogens (tertiary/aromatic N) is 5. The lowest BCUT2D eigenvalue weighted by Gasteiger charge is -2.32. The molecule has 186 valence electrons. The number of ether oxygens (including phenoxy) is 2. The molecule has 0 saturated carbocycles. The van der Waals surface area contributed by atoms with Crippen molar-refractivity contribution in [2.75, 3.05) is 65.0 Å². The van der Waals surface area contributed by atoms with Crippen LogP contribution < -0.4 is 20.9 Å². The maximum Gasteiger partial charge on any atom is 0.181 e. The van der Waals surface area contributed by atoms with Gasteiger partial charge >= 0.3 is 0 Å². The Bertz CT molecular complexity index is 1320. The number of nitrogen functional groups attached to an aromatic ring is 2. The van der Waals surface area contributed by atoms with E-state index >= 15 is 0 Å². The molecular formula is C24H30ClN7O2S. The summed E-state index contributed by atoms with van der Waals surface area (Å²) < 4.78 is 12.7. The lowest BCUT2D eigenvalue weighted by Crippen LogP contribution is -2.44. The molecular weight excluding hydrogens is 486 g/mol. The van der Waals surface area contributed by atoms with Crippen LogP contribution in [-0.2, 0) is 0 Å². The first kappa shape index (κ1) is 25.2. The van der Waals surface area contributed by atoms with Gasteiger partial charge in [-0.1, -0.05) is 11.3 Å². The van der Waals surface area contributed by atoms with Crippen molar-refractivity contribution in [2.24, 2.45) is 0 Å². The van der Waals surface area contributed by atoms with Crippen molar-refractivity contribution in [3.8, 4) is 22.8 Å². The molecule has 9 nitrogen and oxygen atoms in total. The van der Waals surface area contributed by atoms with Crippen LogP contribution in [0.25, 0.3) is 32.4 Å². The zero-order valence-electron chi connectivity index (χ0n) is 19.9. The quantitative estimate of drug-likeness (QED) is 0.281. The summed E-state index contributed by atoms with van der Waals surface area (Å²) in [6.07, 6.45) is 2.49. The predicted molar refractivity (Wildman–Crippen MR) is 145 cm³/mol. The number of fused-ring (bicyclic) bond motifs is 2.